The molecule has 4 nitrogen and oxygen atoms in total. The van der Waals surface area contributed by atoms with Crippen molar-refractivity contribution in [3.8, 4) is 0 Å². The molecule has 1 saturated heterocycles. The highest BCUT2D eigenvalue weighted by molar-refractivity contribution is 6.53. The summed E-state index contributed by atoms with van der Waals surface area (Å²) in [7, 11) is 0. The topological polar surface area (TPSA) is 41.6 Å². The molecule has 2 aliphatic rings. The highest BCUT2D eigenvalue weighted by Crippen LogP contribution is 2.63. The Morgan fingerprint density at radius 2 is 2.08 bits per heavy atom. The van der Waals surface area contributed by atoms with Crippen LogP contribution in [0.4, 0.5) is 4.39 Å². The van der Waals surface area contributed by atoms with Gasteiger partial charge in [-0.05, 0) is 31.0 Å². The van der Waals surface area contributed by atoms with Gasteiger partial charge in [-0.1, -0.05) is 12.1 Å². The maximum atomic E-state index is 13.6. The van der Waals surface area contributed by atoms with Gasteiger partial charge in [-0.15, -0.1) is 23.2 Å². The number of halogens is 3. The van der Waals surface area contributed by atoms with Gasteiger partial charge in [-0.2, -0.15) is 0 Å². The standard InChI is InChI=1S/C17H21Cl2FN2O2/c1-16(11-17(16,18)19)15(23)21-10-14(22-5-7-24-8-6-22)12-3-2-4-13(20)9-12/h2-4,9,14H,5-8,10-11H2,1H3,(H,21,23)/t14-,16+/m1/s1. The maximum absolute atomic E-state index is 13.6. The van der Waals surface area contributed by atoms with Crippen molar-refractivity contribution >= 4 is 29.1 Å². The second-order valence-corrected chi connectivity index (χ2v) is 8.13. The number of carbonyl (C=O) groups excluding carboxylic acids is 1. The van der Waals surface area contributed by atoms with Crippen molar-refractivity contribution in [2.24, 2.45) is 5.41 Å². The van der Waals surface area contributed by atoms with Gasteiger partial charge in [0.15, 0.2) is 0 Å². The molecule has 1 N–H and O–H groups in total. The smallest absolute Gasteiger partial charge is 0.229 e. The first kappa shape index (κ1) is 17.9. The fourth-order valence-electron chi connectivity index (χ4n) is 3.09. The lowest BCUT2D eigenvalue weighted by Gasteiger charge is -2.35. The van der Waals surface area contributed by atoms with Crippen molar-refractivity contribution in [2.45, 2.75) is 23.7 Å². The fourth-order valence-corrected chi connectivity index (χ4v) is 3.80. The van der Waals surface area contributed by atoms with Crippen molar-refractivity contribution < 1.29 is 13.9 Å². The van der Waals surface area contributed by atoms with E-state index in [1.807, 2.05) is 6.07 Å². The number of alkyl halides is 2. The van der Waals surface area contributed by atoms with Gasteiger partial charge in [-0.3, -0.25) is 9.69 Å². The van der Waals surface area contributed by atoms with E-state index in [0.717, 1.165) is 18.7 Å². The van der Waals surface area contributed by atoms with Gasteiger partial charge in [0.2, 0.25) is 5.91 Å². The molecule has 0 radical (unpaired) electrons. The lowest BCUT2D eigenvalue weighted by Crippen LogP contribution is -2.45. The normalized spacial score (nSPS) is 27.5. The highest BCUT2D eigenvalue weighted by atomic mass is 35.5. The van der Waals surface area contributed by atoms with Crippen molar-refractivity contribution in [3.63, 3.8) is 0 Å². The maximum Gasteiger partial charge on any atom is 0.229 e. The summed E-state index contributed by atoms with van der Waals surface area (Å²) in [5, 5.41) is 2.94. The molecule has 132 valence electrons. The van der Waals surface area contributed by atoms with E-state index in [1.165, 1.54) is 12.1 Å². The van der Waals surface area contributed by atoms with Crippen LogP contribution >= 0.6 is 23.2 Å². The Morgan fingerprint density at radius 1 is 1.42 bits per heavy atom. The first-order valence-corrected chi connectivity index (χ1v) is 8.82. The van der Waals surface area contributed by atoms with Gasteiger partial charge in [0, 0.05) is 19.6 Å². The molecule has 3 rings (SSSR count). The number of ether oxygens (including phenoxy) is 1. The van der Waals surface area contributed by atoms with Gasteiger partial charge in [0.25, 0.3) is 0 Å². The number of morpholine rings is 1. The Kier molecular flexibility index (Phi) is 5.07. The summed E-state index contributed by atoms with van der Waals surface area (Å²) >= 11 is 12.1. The molecule has 0 spiro atoms. The number of hydrogen-bond acceptors (Lipinski definition) is 3. The van der Waals surface area contributed by atoms with E-state index in [2.05, 4.69) is 10.2 Å². The van der Waals surface area contributed by atoms with Crippen LogP contribution in [0.15, 0.2) is 24.3 Å². The average Bonchev–Trinajstić information content (AvgIpc) is 3.08. The van der Waals surface area contributed by atoms with Crippen LogP contribution in [-0.2, 0) is 9.53 Å². The van der Waals surface area contributed by atoms with Gasteiger partial charge in [0.05, 0.1) is 24.7 Å². The van der Waals surface area contributed by atoms with Crippen molar-refractivity contribution in [2.75, 3.05) is 32.8 Å². The van der Waals surface area contributed by atoms with Crippen molar-refractivity contribution in [3.05, 3.63) is 35.6 Å². The van der Waals surface area contributed by atoms with Gasteiger partial charge < -0.3 is 10.1 Å². The molecular weight excluding hydrogens is 354 g/mol. The molecular formula is C17H21Cl2FN2O2. The third-order valence-corrected chi connectivity index (χ3v) is 6.04. The summed E-state index contributed by atoms with van der Waals surface area (Å²) < 4.78 is 18.0. The molecule has 2 fully saturated rings. The summed E-state index contributed by atoms with van der Waals surface area (Å²) in [5.74, 6) is -0.450. The lowest BCUT2D eigenvalue weighted by atomic mass is 10.0. The zero-order valence-corrected chi connectivity index (χ0v) is 15.0. The number of benzene rings is 1. The van der Waals surface area contributed by atoms with Crippen LogP contribution in [0, 0.1) is 11.2 Å². The number of carbonyl (C=O) groups is 1. The van der Waals surface area contributed by atoms with Crippen LogP contribution in [0.3, 0.4) is 0 Å². The molecule has 0 bridgehead atoms. The molecule has 1 aromatic rings. The molecule has 1 aromatic carbocycles. The lowest BCUT2D eigenvalue weighted by molar-refractivity contribution is -0.126. The minimum atomic E-state index is -0.996. The SMILES string of the molecule is C[C@@]1(C(=O)NC[C@H](c2cccc(F)c2)N2CCOCC2)CC1(Cl)Cl. The number of hydrogen-bond donors (Lipinski definition) is 1. The molecule has 1 amide bonds. The summed E-state index contributed by atoms with van der Waals surface area (Å²) in [4.78, 5) is 14.6. The summed E-state index contributed by atoms with van der Waals surface area (Å²) in [6, 6.07) is 6.38. The monoisotopic (exact) mass is 374 g/mol. The molecule has 0 unspecified atom stereocenters. The molecule has 1 saturated carbocycles. The Balaban J connectivity index is 1.72. The predicted octanol–water partition coefficient (Wildman–Crippen LogP) is 2.90. The molecule has 1 aliphatic heterocycles. The van der Waals surface area contributed by atoms with E-state index in [1.54, 1.807) is 13.0 Å². The molecule has 24 heavy (non-hydrogen) atoms. The van der Waals surface area contributed by atoms with Crippen LogP contribution in [0.2, 0.25) is 0 Å². The number of nitrogens with zero attached hydrogens (tertiary/aromatic N) is 1. The minimum absolute atomic E-state index is 0.115. The van der Waals surface area contributed by atoms with Crippen molar-refractivity contribution in [1.29, 1.82) is 0 Å². The first-order valence-electron chi connectivity index (χ1n) is 8.07. The van der Waals surface area contributed by atoms with E-state index < -0.39 is 9.75 Å². The minimum Gasteiger partial charge on any atom is -0.379 e. The van der Waals surface area contributed by atoms with E-state index in [0.29, 0.717) is 26.2 Å². The molecule has 1 aliphatic carbocycles. The molecule has 1 heterocycles. The fraction of sp³-hybridized carbons (Fsp3) is 0.588. The first-order chi connectivity index (χ1) is 11.3. The molecule has 7 heteroatoms. The summed E-state index contributed by atoms with van der Waals surface area (Å²) in [6.07, 6.45) is 0.442. The second-order valence-electron chi connectivity index (χ2n) is 6.64. The molecule has 2 atom stereocenters. The predicted molar refractivity (Wildman–Crippen MR) is 91.7 cm³/mol. The average molecular weight is 375 g/mol. The number of amides is 1. The number of rotatable bonds is 5. The van der Waals surface area contributed by atoms with Crippen LogP contribution in [0.25, 0.3) is 0 Å². The summed E-state index contributed by atoms with van der Waals surface area (Å²) in [6.45, 7) is 4.87. The summed E-state index contributed by atoms with van der Waals surface area (Å²) in [5.41, 5.74) is 0.0781. The Labute approximate surface area is 151 Å². The Morgan fingerprint density at radius 3 is 2.67 bits per heavy atom. The van der Waals surface area contributed by atoms with E-state index in [4.69, 9.17) is 27.9 Å². The van der Waals surface area contributed by atoms with E-state index >= 15 is 0 Å². The van der Waals surface area contributed by atoms with Gasteiger partial charge in [-0.25, -0.2) is 4.39 Å². The zero-order chi connectivity index (χ0) is 17.4. The second kappa shape index (κ2) is 6.79. The van der Waals surface area contributed by atoms with Crippen LogP contribution in [0.5, 0.6) is 0 Å². The third kappa shape index (κ3) is 3.54. The molecule has 0 aromatic heterocycles. The van der Waals surface area contributed by atoms with Gasteiger partial charge in [0.1, 0.15) is 10.2 Å². The van der Waals surface area contributed by atoms with E-state index in [9.17, 15) is 9.18 Å². The largest absolute Gasteiger partial charge is 0.379 e. The van der Waals surface area contributed by atoms with Crippen molar-refractivity contribution in [1.82, 2.24) is 10.2 Å². The van der Waals surface area contributed by atoms with Crippen LogP contribution < -0.4 is 5.32 Å². The van der Waals surface area contributed by atoms with Crippen LogP contribution in [0.1, 0.15) is 24.9 Å². The van der Waals surface area contributed by atoms with E-state index in [-0.39, 0.29) is 17.8 Å². The Bertz CT molecular complexity index is 622. The van der Waals surface area contributed by atoms with Crippen LogP contribution in [-0.4, -0.2) is 48.0 Å². The quantitative estimate of drug-likeness (QED) is 0.805. The highest BCUT2D eigenvalue weighted by Gasteiger charge is 2.67. The number of nitrogens with one attached hydrogen (secondary N) is 1. The Hall–Kier alpha value is -0.880. The third-order valence-electron chi connectivity index (χ3n) is 4.93. The zero-order valence-electron chi connectivity index (χ0n) is 13.5. The van der Waals surface area contributed by atoms with Gasteiger partial charge >= 0.3 is 0 Å².